The molecule has 48 heavy (non-hydrogen) atoms. The molecule has 0 aliphatic rings. The van der Waals surface area contributed by atoms with Crippen molar-refractivity contribution in [2.45, 2.75) is 209 Å². The van der Waals surface area contributed by atoms with Gasteiger partial charge in [-0.25, -0.2) is 9.59 Å². The van der Waals surface area contributed by atoms with E-state index in [0.29, 0.717) is 12.8 Å². The summed E-state index contributed by atoms with van der Waals surface area (Å²) in [6.45, 7) is 34.8. The zero-order chi connectivity index (χ0) is 37.7. The van der Waals surface area contributed by atoms with E-state index in [-0.39, 0.29) is 12.0 Å². The lowest BCUT2D eigenvalue weighted by atomic mass is 9.77. The van der Waals surface area contributed by atoms with Crippen LogP contribution in [-0.2, 0) is 23.1 Å². The van der Waals surface area contributed by atoms with Crippen LogP contribution in [0.3, 0.4) is 0 Å². The molecule has 10 heteroatoms. The van der Waals surface area contributed by atoms with E-state index in [2.05, 4.69) is 81.5 Å². The molecule has 0 fully saturated rings. The summed E-state index contributed by atoms with van der Waals surface area (Å²) in [6.07, 6.45) is -0.940. The average Bonchev–Trinajstić information content (AvgIpc) is 3.00. The van der Waals surface area contributed by atoms with Crippen LogP contribution in [0.5, 0.6) is 0 Å². The molecule has 0 spiro atoms. The number of carbonyl (C=O) groups is 2. The van der Waals surface area contributed by atoms with Crippen LogP contribution in [0, 0.1) is 11.3 Å². The van der Waals surface area contributed by atoms with Gasteiger partial charge < -0.3 is 28.7 Å². The molecule has 0 saturated heterocycles. The Kier molecular flexibility index (Phi) is 20.1. The largest absolute Gasteiger partial charge is 0.456 e. The van der Waals surface area contributed by atoms with Gasteiger partial charge in [-0.05, 0) is 109 Å². The summed E-state index contributed by atoms with van der Waals surface area (Å²) in [4.78, 5) is 27.1. The molecule has 0 heterocycles. The SMILES string of the molecule is CCC(O[Si](CC)(CC)CC)C(C)(C)[C@@H](O)C/C(C)=C(\C)[C@H](C)OC(=O)C(O[Si](CC)(CC)CC)[C@H](CC(C)C)NC(=O)OC(C)(C)C. The summed E-state index contributed by atoms with van der Waals surface area (Å²) in [5.41, 5.74) is 0.745. The molecular weight excluding hydrogens is 639 g/mol. The van der Waals surface area contributed by atoms with Crippen molar-refractivity contribution >= 4 is 28.7 Å². The van der Waals surface area contributed by atoms with E-state index in [9.17, 15) is 14.7 Å². The number of aliphatic hydroxyl groups is 1. The number of ether oxygens (including phenoxy) is 2. The lowest BCUT2D eigenvalue weighted by Crippen LogP contribution is -2.55. The van der Waals surface area contributed by atoms with Crippen LogP contribution in [0.4, 0.5) is 4.79 Å². The minimum atomic E-state index is -2.29. The molecule has 284 valence electrons. The molecular formula is C38H77NO7Si2. The van der Waals surface area contributed by atoms with E-state index in [4.69, 9.17) is 18.3 Å². The molecule has 2 unspecified atom stereocenters. The number of rotatable bonds is 22. The van der Waals surface area contributed by atoms with Gasteiger partial charge in [-0.15, -0.1) is 0 Å². The first-order valence-corrected chi connectivity index (χ1v) is 24.0. The van der Waals surface area contributed by atoms with Crippen LogP contribution in [-0.4, -0.2) is 69.9 Å². The van der Waals surface area contributed by atoms with Crippen molar-refractivity contribution in [3.05, 3.63) is 11.1 Å². The molecule has 1 amide bonds. The van der Waals surface area contributed by atoms with Gasteiger partial charge in [0.25, 0.3) is 0 Å². The van der Waals surface area contributed by atoms with E-state index in [1.165, 1.54) is 0 Å². The van der Waals surface area contributed by atoms with Crippen molar-refractivity contribution in [3.8, 4) is 0 Å². The maximum atomic E-state index is 14.1. The fourth-order valence-corrected chi connectivity index (χ4v) is 12.3. The topological polar surface area (TPSA) is 103 Å². The number of amides is 1. The summed E-state index contributed by atoms with van der Waals surface area (Å²) < 4.78 is 25.5. The molecule has 0 aliphatic carbocycles. The summed E-state index contributed by atoms with van der Waals surface area (Å²) in [6, 6.07) is 5.15. The number of hydrogen-bond donors (Lipinski definition) is 2. The minimum absolute atomic E-state index is 0.0456. The van der Waals surface area contributed by atoms with E-state index in [1.54, 1.807) is 0 Å². The van der Waals surface area contributed by atoms with Crippen molar-refractivity contribution in [3.63, 3.8) is 0 Å². The number of esters is 1. The highest BCUT2D eigenvalue weighted by atomic mass is 28.4. The molecule has 8 nitrogen and oxygen atoms in total. The molecule has 0 aromatic carbocycles. The fraction of sp³-hybridized carbons (Fsp3) is 0.895. The van der Waals surface area contributed by atoms with Gasteiger partial charge in [-0.2, -0.15) is 0 Å². The van der Waals surface area contributed by atoms with Crippen LogP contribution in [0.1, 0.15) is 137 Å². The van der Waals surface area contributed by atoms with E-state index in [0.717, 1.165) is 53.8 Å². The number of alkyl carbamates (subject to hydrolysis) is 1. The molecule has 2 N–H and O–H groups in total. The van der Waals surface area contributed by atoms with Crippen molar-refractivity contribution in [2.75, 3.05) is 0 Å². The fourth-order valence-electron chi connectivity index (χ4n) is 6.46. The van der Waals surface area contributed by atoms with E-state index in [1.807, 2.05) is 41.5 Å². The van der Waals surface area contributed by atoms with Gasteiger partial charge in [0.05, 0.1) is 18.2 Å². The number of aliphatic hydroxyl groups excluding tert-OH is 1. The molecule has 0 rings (SSSR count). The number of nitrogens with one attached hydrogen (secondary N) is 1. The summed E-state index contributed by atoms with van der Waals surface area (Å²) in [5, 5.41) is 14.6. The van der Waals surface area contributed by atoms with Gasteiger partial charge in [0.15, 0.2) is 22.7 Å². The standard InChI is InChI=1S/C38H77NO7Si2/c1-18-33(45-47(19-2,20-3)21-4)38(16,17)32(40)26-28(10)29(11)30(12)43-35(41)34(46-48(22-5,23-6)24-7)31(25-27(8)9)39-36(42)44-37(13,14)15/h27,30-34,40H,18-26H2,1-17H3,(H,39,42)/b29-28+/t30-,31-,32-,33?,34?/m0/s1. The second-order valence-electron chi connectivity index (χ2n) is 16.0. The van der Waals surface area contributed by atoms with Gasteiger partial charge in [0.2, 0.25) is 0 Å². The third kappa shape index (κ3) is 14.2. The van der Waals surface area contributed by atoms with Crippen molar-refractivity contribution in [1.29, 1.82) is 0 Å². The van der Waals surface area contributed by atoms with Gasteiger partial charge in [-0.1, -0.05) is 81.7 Å². The monoisotopic (exact) mass is 716 g/mol. The molecule has 0 aromatic rings. The lowest BCUT2D eigenvalue weighted by molar-refractivity contribution is -0.157. The minimum Gasteiger partial charge on any atom is -0.456 e. The Bertz CT molecular complexity index is 983. The summed E-state index contributed by atoms with van der Waals surface area (Å²) in [7, 11) is -4.14. The van der Waals surface area contributed by atoms with Crippen molar-refractivity contribution < 1.29 is 33.0 Å². The zero-order valence-electron chi connectivity index (χ0n) is 34.2. The van der Waals surface area contributed by atoms with Crippen LogP contribution >= 0.6 is 0 Å². The van der Waals surface area contributed by atoms with Crippen LogP contribution in [0.2, 0.25) is 36.3 Å². The highest BCUT2D eigenvalue weighted by Gasteiger charge is 2.43. The maximum absolute atomic E-state index is 14.1. The number of carbonyl (C=O) groups excluding carboxylic acids is 2. The third-order valence-corrected chi connectivity index (χ3v) is 20.1. The van der Waals surface area contributed by atoms with Gasteiger partial charge in [0, 0.05) is 5.41 Å². The highest BCUT2D eigenvalue weighted by Crippen LogP contribution is 2.38. The van der Waals surface area contributed by atoms with E-state index >= 15 is 0 Å². The van der Waals surface area contributed by atoms with Crippen molar-refractivity contribution in [1.82, 2.24) is 5.32 Å². The van der Waals surface area contributed by atoms with Crippen molar-refractivity contribution in [2.24, 2.45) is 11.3 Å². The van der Waals surface area contributed by atoms with Crippen LogP contribution < -0.4 is 5.32 Å². The molecule has 5 atom stereocenters. The molecule has 0 saturated carbocycles. The first kappa shape index (κ1) is 46.8. The maximum Gasteiger partial charge on any atom is 0.407 e. The molecule has 0 bridgehead atoms. The first-order valence-electron chi connectivity index (χ1n) is 19.0. The second-order valence-corrected chi connectivity index (χ2v) is 25.5. The second kappa shape index (κ2) is 20.6. The average molecular weight is 716 g/mol. The Morgan fingerprint density at radius 2 is 1.23 bits per heavy atom. The Balaban J connectivity index is 6.36. The van der Waals surface area contributed by atoms with Crippen LogP contribution in [0.25, 0.3) is 0 Å². The zero-order valence-corrected chi connectivity index (χ0v) is 36.2. The number of hydrogen-bond acceptors (Lipinski definition) is 7. The Morgan fingerprint density at radius 3 is 1.62 bits per heavy atom. The summed E-state index contributed by atoms with van der Waals surface area (Å²) in [5.74, 6) is -0.296. The normalized spacial score (nSPS) is 16.9. The van der Waals surface area contributed by atoms with Crippen LogP contribution in [0.15, 0.2) is 11.1 Å². The highest BCUT2D eigenvalue weighted by molar-refractivity contribution is 6.74. The Labute approximate surface area is 298 Å². The predicted molar refractivity (Wildman–Crippen MR) is 205 cm³/mol. The van der Waals surface area contributed by atoms with Gasteiger partial charge in [-0.3, -0.25) is 0 Å². The molecule has 0 radical (unpaired) electrons. The Morgan fingerprint density at radius 1 is 0.771 bits per heavy atom. The van der Waals surface area contributed by atoms with Gasteiger partial charge in [0.1, 0.15) is 11.7 Å². The lowest BCUT2D eigenvalue weighted by Gasteiger charge is -2.43. The molecule has 0 aliphatic heterocycles. The first-order chi connectivity index (χ1) is 22.1. The molecule has 0 aromatic heterocycles. The third-order valence-electron chi connectivity index (χ3n) is 10.8. The quantitative estimate of drug-likeness (QED) is 0.0653. The smallest absolute Gasteiger partial charge is 0.407 e. The summed E-state index contributed by atoms with van der Waals surface area (Å²) >= 11 is 0. The Hall–Kier alpha value is -1.21. The van der Waals surface area contributed by atoms with Gasteiger partial charge >= 0.3 is 12.1 Å². The predicted octanol–water partition coefficient (Wildman–Crippen LogP) is 10.2. The van der Waals surface area contributed by atoms with E-state index < -0.39 is 64.1 Å².